The van der Waals surface area contributed by atoms with Crippen LogP contribution in [0.2, 0.25) is 5.02 Å². The molecule has 6 nitrogen and oxygen atoms in total. The summed E-state index contributed by atoms with van der Waals surface area (Å²) in [4.78, 5) is 32.9. The minimum atomic E-state index is -0.811. The van der Waals surface area contributed by atoms with E-state index >= 15 is 0 Å². The van der Waals surface area contributed by atoms with Crippen LogP contribution in [0.1, 0.15) is 37.0 Å². The van der Waals surface area contributed by atoms with Crippen LogP contribution in [0, 0.1) is 12.3 Å². The molecule has 0 fully saturated rings. The highest BCUT2D eigenvalue weighted by Gasteiger charge is 2.31. The Bertz CT molecular complexity index is 798. The van der Waals surface area contributed by atoms with Crippen molar-refractivity contribution < 1.29 is 9.59 Å². The Morgan fingerprint density at radius 2 is 1.76 bits per heavy atom. The largest absolute Gasteiger partial charge is 0.368 e. The molecule has 0 bridgehead atoms. The molecular weight excluding hydrogens is 340 g/mol. The normalized spacial score (nSPS) is 12.5. The van der Waals surface area contributed by atoms with Gasteiger partial charge in [-0.25, -0.2) is 9.97 Å². The molecule has 132 valence electrons. The first-order valence-electron chi connectivity index (χ1n) is 7.80. The number of nitrogens with one attached hydrogen (secondary N) is 1. The Morgan fingerprint density at radius 1 is 1.16 bits per heavy atom. The fourth-order valence-electron chi connectivity index (χ4n) is 2.33. The molecular formula is C18H21ClN4O2. The van der Waals surface area contributed by atoms with Crippen molar-refractivity contribution in [3.63, 3.8) is 0 Å². The van der Waals surface area contributed by atoms with E-state index in [4.69, 9.17) is 17.3 Å². The maximum absolute atomic E-state index is 12.6. The van der Waals surface area contributed by atoms with E-state index in [2.05, 4.69) is 15.3 Å². The maximum atomic E-state index is 12.6. The molecule has 0 unspecified atom stereocenters. The van der Waals surface area contributed by atoms with Crippen molar-refractivity contribution in [1.29, 1.82) is 0 Å². The van der Waals surface area contributed by atoms with E-state index in [1.807, 2.05) is 20.8 Å². The quantitative estimate of drug-likeness (QED) is 0.875. The lowest BCUT2D eigenvalue weighted by atomic mass is 9.86. The van der Waals surface area contributed by atoms with E-state index in [-0.39, 0.29) is 5.69 Å². The van der Waals surface area contributed by atoms with E-state index in [0.717, 1.165) is 5.56 Å². The molecule has 1 heterocycles. The van der Waals surface area contributed by atoms with E-state index in [0.29, 0.717) is 16.5 Å². The molecule has 0 aliphatic carbocycles. The molecule has 0 aliphatic rings. The number of hydrogen-bond acceptors (Lipinski definition) is 4. The molecule has 1 atom stereocenters. The van der Waals surface area contributed by atoms with Crippen molar-refractivity contribution in [3.05, 3.63) is 46.7 Å². The van der Waals surface area contributed by atoms with Crippen molar-refractivity contribution in [2.45, 2.75) is 33.7 Å². The first kappa shape index (κ1) is 18.9. The predicted octanol–water partition coefficient (Wildman–Crippen LogP) is 2.74. The van der Waals surface area contributed by atoms with Crippen molar-refractivity contribution in [3.8, 4) is 11.4 Å². The van der Waals surface area contributed by atoms with E-state index in [9.17, 15) is 9.59 Å². The molecule has 7 heteroatoms. The number of benzene rings is 1. The fraction of sp³-hybridized carbons (Fsp3) is 0.333. The lowest BCUT2D eigenvalue weighted by Crippen LogP contribution is -2.52. The number of halogens is 1. The Morgan fingerprint density at radius 3 is 2.28 bits per heavy atom. The summed E-state index contributed by atoms with van der Waals surface area (Å²) >= 11 is 5.89. The van der Waals surface area contributed by atoms with Gasteiger partial charge in [0.2, 0.25) is 5.91 Å². The lowest BCUT2D eigenvalue weighted by Gasteiger charge is -2.28. The van der Waals surface area contributed by atoms with Crippen LogP contribution in [0.3, 0.4) is 0 Å². The number of carbonyl (C=O) groups excluding carboxylic acids is 2. The second-order valence-corrected chi connectivity index (χ2v) is 7.34. The van der Waals surface area contributed by atoms with Gasteiger partial charge in [-0.3, -0.25) is 9.59 Å². The van der Waals surface area contributed by atoms with Gasteiger partial charge in [-0.1, -0.05) is 32.4 Å². The molecule has 2 amide bonds. The first-order valence-corrected chi connectivity index (χ1v) is 8.17. The van der Waals surface area contributed by atoms with Crippen LogP contribution in [-0.2, 0) is 4.79 Å². The Hall–Kier alpha value is -2.47. The van der Waals surface area contributed by atoms with Crippen LogP contribution in [0.5, 0.6) is 0 Å². The number of aromatic nitrogens is 2. The number of hydrogen-bond donors (Lipinski definition) is 2. The molecule has 0 radical (unpaired) electrons. The van der Waals surface area contributed by atoms with Crippen LogP contribution < -0.4 is 11.1 Å². The third-order valence-electron chi connectivity index (χ3n) is 3.62. The van der Waals surface area contributed by atoms with Gasteiger partial charge in [0.05, 0.1) is 0 Å². The van der Waals surface area contributed by atoms with Crippen LogP contribution >= 0.6 is 11.6 Å². The molecule has 0 aliphatic heterocycles. The Kier molecular flexibility index (Phi) is 5.42. The number of primary amides is 1. The highest BCUT2D eigenvalue weighted by Crippen LogP contribution is 2.21. The number of nitrogens with zero attached hydrogens (tertiary/aromatic N) is 2. The van der Waals surface area contributed by atoms with Crippen molar-refractivity contribution in [2.75, 3.05) is 0 Å². The lowest BCUT2D eigenvalue weighted by molar-refractivity contribution is -0.122. The molecule has 1 aromatic carbocycles. The first-order chi connectivity index (χ1) is 11.6. The Balaban J connectivity index is 2.34. The highest BCUT2D eigenvalue weighted by molar-refractivity contribution is 6.30. The monoisotopic (exact) mass is 360 g/mol. The molecule has 2 aromatic rings. The zero-order chi connectivity index (χ0) is 18.8. The average molecular weight is 361 g/mol. The minimum absolute atomic E-state index is 0.174. The average Bonchev–Trinajstić information content (AvgIpc) is 2.51. The molecule has 25 heavy (non-hydrogen) atoms. The number of amides is 2. The third kappa shape index (κ3) is 4.76. The number of carbonyl (C=O) groups is 2. The molecule has 3 N–H and O–H groups in total. The molecule has 0 saturated carbocycles. The van der Waals surface area contributed by atoms with Crippen molar-refractivity contribution in [2.24, 2.45) is 11.1 Å². The summed E-state index contributed by atoms with van der Waals surface area (Å²) < 4.78 is 0. The van der Waals surface area contributed by atoms with Crippen LogP contribution in [0.25, 0.3) is 11.4 Å². The van der Waals surface area contributed by atoms with Gasteiger partial charge in [-0.05, 0) is 42.7 Å². The van der Waals surface area contributed by atoms with Gasteiger partial charge in [0.15, 0.2) is 5.82 Å². The van der Waals surface area contributed by atoms with Crippen molar-refractivity contribution >= 4 is 23.4 Å². The zero-order valence-corrected chi connectivity index (χ0v) is 15.4. The zero-order valence-electron chi connectivity index (χ0n) is 14.6. The topological polar surface area (TPSA) is 98.0 Å². The van der Waals surface area contributed by atoms with E-state index < -0.39 is 23.3 Å². The van der Waals surface area contributed by atoms with E-state index in [1.54, 1.807) is 37.3 Å². The third-order valence-corrected chi connectivity index (χ3v) is 3.87. The summed E-state index contributed by atoms with van der Waals surface area (Å²) in [6, 6.07) is 7.76. The van der Waals surface area contributed by atoms with Gasteiger partial charge in [-0.2, -0.15) is 0 Å². The SMILES string of the molecule is Cc1cc(C(=O)N[C@H](C(N)=O)C(C)(C)C)nc(-c2ccc(Cl)cc2)n1. The molecule has 1 aromatic heterocycles. The number of aryl methyl sites for hydroxylation is 1. The van der Waals surface area contributed by atoms with Gasteiger partial charge >= 0.3 is 0 Å². The summed E-state index contributed by atoms with van der Waals surface area (Å²) in [7, 11) is 0. The Labute approximate surface area is 151 Å². The van der Waals surface area contributed by atoms with Crippen molar-refractivity contribution in [1.82, 2.24) is 15.3 Å². The smallest absolute Gasteiger partial charge is 0.270 e. The van der Waals surface area contributed by atoms with Crippen LogP contribution in [0.15, 0.2) is 30.3 Å². The van der Waals surface area contributed by atoms with Gasteiger partial charge in [0.25, 0.3) is 5.91 Å². The number of nitrogens with two attached hydrogens (primary N) is 1. The van der Waals surface area contributed by atoms with Crippen LogP contribution in [0.4, 0.5) is 0 Å². The summed E-state index contributed by atoms with van der Waals surface area (Å²) in [6.45, 7) is 7.25. The second kappa shape index (κ2) is 7.19. The maximum Gasteiger partial charge on any atom is 0.270 e. The number of rotatable bonds is 4. The summed E-state index contributed by atoms with van der Waals surface area (Å²) in [5.74, 6) is -0.655. The van der Waals surface area contributed by atoms with Gasteiger partial charge < -0.3 is 11.1 Å². The minimum Gasteiger partial charge on any atom is -0.368 e. The predicted molar refractivity (Wildman–Crippen MR) is 97.1 cm³/mol. The second-order valence-electron chi connectivity index (χ2n) is 6.90. The van der Waals surface area contributed by atoms with Gasteiger partial charge in [0, 0.05) is 16.3 Å². The molecule has 2 rings (SSSR count). The summed E-state index contributed by atoms with van der Waals surface area (Å²) in [6.07, 6.45) is 0. The van der Waals surface area contributed by atoms with Crippen LogP contribution in [-0.4, -0.2) is 27.8 Å². The highest BCUT2D eigenvalue weighted by atomic mass is 35.5. The van der Waals surface area contributed by atoms with E-state index in [1.165, 1.54) is 0 Å². The fourth-order valence-corrected chi connectivity index (χ4v) is 2.46. The standard InChI is InChI=1S/C18H21ClN4O2/c1-10-9-13(17(25)23-14(15(20)24)18(2,3)4)22-16(21-10)11-5-7-12(19)8-6-11/h5-9,14H,1-4H3,(H2,20,24)(H,23,25)/t14-/m1/s1. The van der Waals surface area contributed by atoms with Gasteiger partial charge in [-0.15, -0.1) is 0 Å². The summed E-state index contributed by atoms with van der Waals surface area (Å²) in [5.41, 5.74) is 6.45. The molecule has 0 saturated heterocycles. The van der Waals surface area contributed by atoms with Gasteiger partial charge in [0.1, 0.15) is 11.7 Å². The molecule has 0 spiro atoms. The summed E-state index contributed by atoms with van der Waals surface area (Å²) in [5, 5.41) is 3.26.